The minimum Gasteiger partial charge on any atom is -0.393 e. The molecule has 1 aromatic rings. The molecule has 0 heterocycles. The molecule has 0 fully saturated rings. The van der Waals surface area contributed by atoms with Crippen molar-refractivity contribution in [3.63, 3.8) is 0 Å². The van der Waals surface area contributed by atoms with Gasteiger partial charge >= 0.3 is 0 Å². The van der Waals surface area contributed by atoms with Crippen LogP contribution in [0.4, 0.5) is 0 Å². The molecule has 0 spiro atoms. The van der Waals surface area contributed by atoms with E-state index < -0.39 is 0 Å². The first kappa shape index (κ1) is 15.4. The van der Waals surface area contributed by atoms with Gasteiger partial charge in [0.2, 0.25) is 0 Å². The lowest BCUT2D eigenvalue weighted by Crippen LogP contribution is -2.41. The van der Waals surface area contributed by atoms with Crippen molar-refractivity contribution < 1.29 is 4.79 Å². The van der Waals surface area contributed by atoms with Crippen molar-refractivity contribution in [1.82, 2.24) is 5.32 Å². The van der Waals surface area contributed by atoms with Crippen molar-refractivity contribution in [1.29, 1.82) is 0 Å². The van der Waals surface area contributed by atoms with Crippen LogP contribution < -0.4 is 11.1 Å². The molecule has 1 rings (SSSR count). The lowest BCUT2D eigenvalue weighted by Gasteiger charge is -2.23. The van der Waals surface area contributed by atoms with Gasteiger partial charge in [0.25, 0.3) is 5.91 Å². The molecule has 0 atom stereocenters. The number of carbonyl (C=O) groups is 1. The molecule has 0 saturated carbocycles. The molecule has 0 unspecified atom stereocenters. The summed E-state index contributed by atoms with van der Waals surface area (Å²) in [5.41, 5.74) is 7.04. The van der Waals surface area contributed by atoms with Crippen molar-refractivity contribution in [3.8, 4) is 0 Å². The number of nitrogens with two attached hydrogens (primary N) is 1. The average Bonchev–Trinajstić information content (AvgIpc) is 2.29. The van der Waals surface area contributed by atoms with E-state index in [-0.39, 0.29) is 11.3 Å². The molecule has 1 amide bonds. The van der Waals surface area contributed by atoms with Gasteiger partial charge in [0.15, 0.2) is 0 Å². The number of thiocarbonyl (C=S) groups is 1. The highest BCUT2D eigenvalue weighted by Crippen LogP contribution is 2.18. The Hall–Kier alpha value is -0.690. The molecule has 0 saturated heterocycles. The lowest BCUT2D eigenvalue weighted by molar-refractivity contribution is 0.0944. The van der Waals surface area contributed by atoms with Crippen LogP contribution >= 0.6 is 34.8 Å². The largest absolute Gasteiger partial charge is 0.393 e. The molecular formula is C13H17IN2OS. The fraction of sp³-hybridized carbons (Fsp3) is 0.385. The standard InChI is InChI=1S/C13H17IN2OS/c1-8-5-4-6-9(10(8)14)11(17)16-7-13(2,3)12(15)18/h4-6H,7H2,1-3H3,(H2,15,18)(H,16,17). The third-order valence-electron chi connectivity index (χ3n) is 2.79. The summed E-state index contributed by atoms with van der Waals surface area (Å²) in [6.45, 7) is 6.25. The van der Waals surface area contributed by atoms with Gasteiger partial charge in [0, 0.05) is 15.5 Å². The molecule has 18 heavy (non-hydrogen) atoms. The first-order valence-corrected chi connectivity index (χ1v) is 7.07. The maximum atomic E-state index is 12.1. The minimum absolute atomic E-state index is 0.0903. The van der Waals surface area contributed by atoms with Gasteiger partial charge in [-0.1, -0.05) is 38.2 Å². The number of rotatable bonds is 4. The third kappa shape index (κ3) is 3.65. The highest BCUT2D eigenvalue weighted by atomic mass is 127. The average molecular weight is 376 g/mol. The van der Waals surface area contributed by atoms with Crippen LogP contribution in [0.5, 0.6) is 0 Å². The number of carbonyl (C=O) groups excluding carboxylic acids is 1. The zero-order valence-corrected chi connectivity index (χ0v) is 13.7. The summed E-state index contributed by atoms with van der Waals surface area (Å²) in [6.07, 6.45) is 0. The van der Waals surface area contributed by atoms with Crippen molar-refractivity contribution in [2.24, 2.45) is 11.1 Å². The predicted molar refractivity (Wildman–Crippen MR) is 86.8 cm³/mol. The number of hydrogen-bond acceptors (Lipinski definition) is 2. The summed E-state index contributed by atoms with van der Waals surface area (Å²) in [5, 5.41) is 2.88. The van der Waals surface area contributed by atoms with E-state index in [2.05, 4.69) is 27.9 Å². The molecule has 98 valence electrons. The molecule has 3 nitrogen and oxygen atoms in total. The van der Waals surface area contributed by atoms with E-state index in [1.54, 1.807) is 0 Å². The van der Waals surface area contributed by atoms with Crippen molar-refractivity contribution in [2.75, 3.05) is 6.54 Å². The van der Waals surface area contributed by atoms with E-state index in [1.807, 2.05) is 39.0 Å². The Morgan fingerprint density at radius 3 is 2.67 bits per heavy atom. The number of aryl methyl sites for hydroxylation is 1. The van der Waals surface area contributed by atoms with E-state index in [0.717, 1.165) is 9.13 Å². The lowest BCUT2D eigenvalue weighted by atomic mass is 9.93. The normalized spacial score (nSPS) is 11.1. The third-order valence-corrected chi connectivity index (χ3v) is 4.78. The van der Waals surface area contributed by atoms with Crippen LogP contribution in [-0.4, -0.2) is 17.4 Å². The van der Waals surface area contributed by atoms with Crippen molar-refractivity contribution >= 4 is 45.7 Å². The van der Waals surface area contributed by atoms with E-state index in [0.29, 0.717) is 17.1 Å². The Balaban J connectivity index is 2.78. The second-order valence-electron chi connectivity index (χ2n) is 4.87. The molecule has 0 aromatic heterocycles. The zero-order chi connectivity index (χ0) is 13.9. The second-order valence-corrected chi connectivity index (χ2v) is 6.39. The van der Waals surface area contributed by atoms with Gasteiger partial charge in [-0.2, -0.15) is 0 Å². The molecule has 1 aromatic carbocycles. The van der Waals surface area contributed by atoms with Crippen LogP contribution in [0.3, 0.4) is 0 Å². The molecule has 0 aliphatic heterocycles. The van der Waals surface area contributed by atoms with Crippen LogP contribution in [0.2, 0.25) is 0 Å². The number of hydrogen-bond donors (Lipinski definition) is 2. The maximum Gasteiger partial charge on any atom is 0.252 e. The summed E-state index contributed by atoms with van der Waals surface area (Å²) in [5.74, 6) is -0.0903. The predicted octanol–water partition coefficient (Wildman–Crippen LogP) is 2.64. The Morgan fingerprint density at radius 1 is 1.50 bits per heavy atom. The number of amides is 1. The van der Waals surface area contributed by atoms with Gasteiger partial charge in [0.1, 0.15) is 0 Å². The molecule has 5 heteroatoms. The van der Waals surface area contributed by atoms with Crippen molar-refractivity contribution in [2.45, 2.75) is 20.8 Å². The van der Waals surface area contributed by atoms with Gasteiger partial charge < -0.3 is 11.1 Å². The monoisotopic (exact) mass is 376 g/mol. The SMILES string of the molecule is Cc1cccc(C(=O)NCC(C)(C)C(N)=S)c1I. The summed E-state index contributed by atoms with van der Waals surface area (Å²) >= 11 is 7.15. The van der Waals surface area contributed by atoms with E-state index in [4.69, 9.17) is 18.0 Å². The highest BCUT2D eigenvalue weighted by Gasteiger charge is 2.22. The Bertz CT molecular complexity index is 486. The van der Waals surface area contributed by atoms with E-state index >= 15 is 0 Å². The second kappa shape index (κ2) is 5.97. The van der Waals surface area contributed by atoms with Gasteiger partial charge in [-0.3, -0.25) is 4.79 Å². The van der Waals surface area contributed by atoms with E-state index in [1.165, 1.54) is 0 Å². The Labute approximate surface area is 127 Å². The topological polar surface area (TPSA) is 55.1 Å². The molecule has 3 N–H and O–H groups in total. The van der Waals surface area contributed by atoms with Gasteiger partial charge in [-0.25, -0.2) is 0 Å². The smallest absolute Gasteiger partial charge is 0.252 e. The molecular weight excluding hydrogens is 359 g/mol. The maximum absolute atomic E-state index is 12.1. The van der Waals surface area contributed by atoms with Crippen molar-refractivity contribution in [3.05, 3.63) is 32.9 Å². The highest BCUT2D eigenvalue weighted by molar-refractivity contribution is 14.1. The van der Waals surface area contributed by atoms with Gasteiger partial charge in [-0.15, -0.1) is 0 Å². The number of nitrogens with one attached hydrogen (secondary N) is 1. The quantitative estimate of drug-likeness (QED) is 0.628. The zero-order valence-electron chi connectivity index (χ0n) is 10.7. The first-order chi connectivity index (χ1) is 8.25. The number of benzene rings is 1. The van der Waals surface area contributed by atoms with Crippen LogP contribution in [0.15, 0.2) is 18.2 Å². The summed E-state index contributed by atoms with van der Waals surface area (Å²) in [4.78, 5) is 12.5. The van der Waals surface area contributed by atoms with E-state index in [9.17, 15) is 4.79 Å². The Morgan fingerprint density at radius 2 is 2.11 bits per heavy atom. The summed E-state index contributed by atoms with van der Waals surface area (Å²) < 4.78 is 0.973. The first-order valence-electron chi connectivity index (χ1n) is 5.59. The molecule has 0 bridgehead atoms. The fourth-order valence-electron chi connectivity index (χ4n) is 1.31. The van der Waals surface area contributed by atoms with Crippen LogP contribution in [0.25, 0.3) is 0 Å². The molecule has 0 aliphatic carbocycles. The van der Waals surface area contributed by atoms with Crippen LogP contribution in [-0.2, 0) is 0 Å². The minimum atomic E-state index is -0.375. The van der Waals surface area contributed by atoms with Crippen LogP contribution in [0.1, 0.15) is 29.8 Å². The fourth-order valence-corrected chi connectivity index (χ4v) is 1.98. The molecule has 0 radical (unpaired) electrons. The van der Waals surface area contributed by atoms with Gasteiger partial charge in [-0.05, 0) is 41.1 Å². The Kier molecular flexibility index (Phi) is 5.10. The summed E-state index contributed by atoms with van der Waals surface area (Å²) in [6, 6.07) is 5.68. The summed E-state index contributed by atoms with van der Waals surface area (Å²) in [7, 11) is 0. The number of halogens is 1. The van der Waals surface area contributed by atoms with Crippen LogP contribution in [0, 0.1) is 15.9 Å². The van der Waals surface area contributed by atoms with Gasteiger partial charge in [0.05, 0.1) is 10.6 Å². The molecule has 0 aliphatic rings.